The molecule has 0 fully saturated rings. The maximum absolute atomic E-state index is 9.30. The van der Waals surface area contributed by atoms with E-state index in [1.54, 1.807) is 7.11 Å². The van der Waals surface area contributed by atoms with Crippen LogP contribution in [0, 0.1) is 11.3 Å². The van der Waals surface area contributed by atoms with Crippen LogP contribution in [0.2, 0.25) is 0 Å². The van der Waals surface area contributed by atoms with E-state index < -0.39 is 0 Å². The Labute approximate surface area is 122 Å². The van der Waals surface area contributed by atoms with Gasteiger partial charge in [-0.3, -0.25) is 0 Å². The van der Waals surface area contributed by atoms with Gasteiger partial charge in [-0.2, -0.15) is 5.26 Å². The highest BCUT2D eigenvalue weighted by atomic mass is 32.2. The van der Waals surface area contributed by atoms with E-state index in [1.165, 1.54) is 17.3 Å². The molecule has 0 radical (unpaired) electrons. The number of nitrogens with zero attached hydrogens (tertiary/aromatic N) is 2. The molecule has 0 unspecified atom stereocenters. The molecule has 4 heteroatoms. The number of aryl methyl sites for hydroxylation is 2. The number of benzene rings is 1. The molecule has 0 aliphatic heterocycles. The first kappa shape index (κ1) is 13.0. The fourth-order valence-electron chi connectivity index (χ4n) is 2.39. The Hall–Kier alpha value is -1.99. The second kappa shape index (κ2) is 5.56. The van der Waals surface area contributed by atoms with Gasteiger partial charge in [0.05, 0.1) is 12.7 Å². The van der Waals surface area contributed by atoms with Gasteiger partial charge in [0.25, 0.3) is 0 Å². The van der Waals surface area contributed by atoms with E-state index in [9.17, 15) is 5.26 Å². The monoisotopic (exact) mass is 282 g/mol. The number of pyridine rings is 1. The van der Waals surface area contributed by atoms with Gasteiger partial charge < -0.3 is 4.74 Å². The second-order valence-electron chi connectivity index (χ2n) is 4.69. The van der Waals surface area contributed by atoms with Crippen molar-refractivity contribution >= 4 is 11.8 Å². The van der Waals surface area contributed by atoms with E-state index in [0.29, 0.717) is 5.56 Å². The molecule has 0 atom stereocenters. The molecule has 0 N–H and O–H groups in total. The first-order valence-corrected chi connectivity index (χ1v) is 7.36. The van der Waals surface area contributed by atoms with E-state index >= 15 is 0 Å². The number of hydrogen-bond donors (Lipinski definition) is 0. The van der Waals surface area contributed by atoms with Crippen molar-refractivity contribution in [3.8, 4) is 11.8 Å². The third-order valence-corrected chi connectivity index (χ3v) is 4.39. The molecule has 0 bridgehead atoms. The molecule has 1 heterocycles. The van der Waals surface area contributed by atoms with Crippen LogP contribution in [0.4, 0.5) is 0 Å². The second-order valence-corrected chi connectivity index (χ2v) is 5.76. The third-order valence-electron chi connectivity index (χ3n) is 3.39. The van der Waals surface area contributed by atoms with E-state index in [0.717, 1.165) is 40.6 Å². The van der Waals surface area contributed by atoms with Crippen molar-refractivity contribution in [2.24, 2.45) is 0 Å². The Balaban J connectivity index is 1.96. The van der Waals surface area contributed by atoms with Gasteiger partial charge in [0.2, 0.25) is 0 Å². The predicted octanol–water partition coefficient (Wildman–Crippen LogP) is 3.60. The third kappa shape index (κ3) is 2.50. The molecule has 1 aliphatic rings. The maximum Gasteiger partial charge on any atom is 0.119 e. The van der Waals surface area contributed by atoms with Crippen LogP contribution in [0.1, 0.15) is 23.2 Å². The van der Waals surface area contributed by atoms with Gasteiger partial charge in [0, 0.05) is 10.6 Å². The zero-order chi connectivity index (χ0) is 13.9. The normalized spacial score (nSPS) is 12.8. The van der Waals surface area contributed by atoms with E-state index in [-0.39, 0.29) is 0 Å². The van der Waals surface area contributed by atoms with Gasteiger partial charge in [0.15, 0.2) is 0 Å². The van der Waals surface area contributed by atoms with Crippen LogP contribution < -0.4 is 4.74 Å². The van der Waals surface area contributed by atoms with Gasteiger partial charge in [-0.1, -0.05) is 17.8 Å². The fraction of sp³-hybridized carbons (Fsp3) is 0.250. The van der Waals surface area contributed by atoms with Gasteiger partial charge in [0.1, 0.15) is 16.8 Å². The number of aromatic nitrogens is 1. The van der Waals surface area contributed by atoms with Crippen LogP contribution >= 0.6 is 11.8 Å². The van der Waals surface area contributed by atoms with Gasteiger partial charge in [-0.25, -0.2) is 4.98 Å². The summed E-state index contributed by atoms with van der Waals surface area (Å²) in [7, 11) is 1.65. The highest BCUT2D eigenvalue weighted by Gasteiger charge is 2.17. The van der Waals surface area contributed by atoms with Crippen molar-refractivity contribution < 1.29 is 4.74 Å². The molecule has 3 rings (SSSR count). The van der Waals surface area contributed by atoms with E-state index in [2.05, 4.69) is 11.1 Å². The number of nitriles is 1. The fourth-order valence-corrected chi connectivity index (χ4v) is 3.30. The lowest BCUT2D eigenvalue weighted by Gasteiger charge is -2.07. The molecule has 20 heavy (non-hydrogen) atoms. The summed E-state index contributed by atoms with van der Waals surface area (Å²) >= 11 is 1.52. The molecule has 3 nitrogen and oxygen atoms in total. The van der Waals surface area contributed by atoms with Crippen LogP contribution in [0.15, 0.2) is 40.3 Å². The number of methoxy groups -OCH3 is 1. The van der Waals surface area contributed by atoms with Crippen molar-refractivity contribution in [3.63, 3.8) is 0 Å². The van der Waals surface area contributed by atoms with Gasteiger partial charge in [-0.05, 0) is 49.1 Å². The average Bonchev–Trinajstić information content (AvgIpc) is 2.93. The molecule has 0 amide bonds. The first-order valence-electron chi connectivity index (χ1n) is 6.55. The largest absolute Gasteiger partial charge is 0.497 e. The van der Waals surface area contributed by atoms with Gasteiger partial charge in [-0.15, -0.1) is 0 Å². The summed E-state index contributed by atoms with van der Waals surface area (Å²) in [6.45, 7) is 0. The van der Waals surface area contributed by atoms with E-state index in [1.807, 2.05) is 30.3 Å². The van der Waals surface area contributed by atoms with Crippen molar-refractivity contribution in [2.75, 3.05) is 7.11 Å². The topological polar surface area (TPSA) is 45.9 Å². The average molecular weight is 282 g/mol. The summed E-state index contributed by atoms with van der Waals surface area (Å²) in [6, 6.07) is 12.1. The lowest BCUT2D eigenvalue weighted by Crippen LogP contribution is -1.94. The van der Waals surface area contributed by atoms with E-state index in [4.69, 9.17) is 4.74 Å². The molecule has 0 spiro atoms. The minimum atomic E-state index is 0.665. The van der Waals surface area contributed by atoms with Crippen molar-refractivity contribution in [1.82, 2.24) is 4.98 Å². The molecule has 100 valence electrons. The summed E-state index contributed by atoms with van der Waals surface area (Å²) in [5, 5.41) is 10.1. The summed E-state index contributed by atoms with van der Waals surface area (Å²) < 4.78 is 5.22. The molecule has 1 aliphatic carbocycles. The maximum atomic E-state index is 9.30. The lowest BCUT2D eigenvalue weighted by atomic mass is 10.2. The van der Waals surface area contributed by atoms with Crippen molar-refractivity contribution in [3.05, 3.63) is 47.2 Å². The highest BCUT2D eigenvalue weighted by Crippen LogP contribution is 2.33. The standard InChI is InChI=1S/C16H14N2OS/c1-19-13-5-3-6-14(9-13)20-16-12(10-17)8-11-4-2-7-15(11)18-16/h3,5-6,8-9H,2,4,7H2,1H3. The van der Waals surface area contributed by atoms with Crippen LogP contribution in [-0.2, 0) is 12.8 Å². The Kier molecular flexibility index (Phi) is 3.62. The SMILES string of the molecule is COc1cccc(Sc2nc3c(cc2C#N)CCC3)c1. The Morgan fingerprint density at radius 2 is 2.20 bits per heavy atom. The first-order chi connectivity index (χ1) is 9.80. The van der Waals surface area contributed by atoms with Crippen LogP contribution in [0.3, 0.4) is 0 Å². The summed E-state index contributed by atoms with van der Waals surface area (Å²) in [5.41, 5.74) is 3.05. The zero-order valence-electron chi connectivity index (χ0n) is 11.2. The number of hydrogen-bond acceptors (Lipinski definition) is 4. The van der Waals surface area contributed by atoms with Crippen molar-refractivity contribution in [1.29, 1.82) is 5.26 Å². The lowest BCUT2D eigenvalue weighted by molar-refractivity contribution is 0.413. The van der Waals surface area contributed by atoms with Crippen LogP contribution in [0.25, 0.3) is 0 Å². The predicted molar refractivity (Wildman–Crippen MR) is 78.1 cm³/mol. The highest BCUT2D eigenvalue weighted by molar-refractivity contribution is 7.99. The quantitative estimate of drug-likeness (QED) is 0.863. The minimum absolute atomic E-state index is 0.665. The van der Waals surface area contributed by atoms with Crippen LogP contribution in [0.5, 0.6) is 5.75 Å². The van der Waals surface area contributed by atoms with Crippen molar-refractivity contribution in [2.45, 2.75) is 29.2 Å². The summed E-state index contributed by atoms with van der Waals surface area (Å²) in [6.07, 6.45) is 3.20. The van der Waals surface area contributed by atoms with Gasteiger partial charge >= 0.3 is 0 Å². The molecule has 2 aromatic rings. The summed E-state index contributed by atoms with van der Waals surface area (Å²) in [4.78, 5) is 5.71. The Morgan fingerprint density at radius 1 is 1.30 bits per heavy atom. The summed E-state index contributed by atoms with van der Waals surface area (Å²) in [5.74, 6) is 0.815. The minimum Gasteiger partial charge on any atom is -0.497 e. The molecular weight excluding hydrogens is 268 g/mol. The smallest absolute Gasteiger partial charge is 0.119 e. The molecule has 1 aromatic carbocycles. The Morgan fingerprint density at radius 3 is 3.00 bits per heavy atom. The molecule has 1 aromatic heterocycles. The molecule has 0 saturated carbocycles. The number of rotatable bonds is 3. The number of fused-ring (bicyclic) bond motifs is 1. The Bertz CT molecular complexity index is 691. The molecular formula is C16H14N2OS. The zero-order valence-corrected chi connectivity index (χ0v) is 12.0. The number of ether oxygens (including phenoxy) is 1. The van der Waals surface area contributed by atoms with Crippen LogP contribution in [-0.4, -0.2) is 12.1 Å². The molecule has 0 saturated heterocycles.